The molecule has 0 aliphatic rings. The highest BCUT2D eigenvalue weighted by Gasteiger charge is 2.07. The number of unbranched alkanes of at least 4 members (excludes halogenated alkanes) is 3. The zero-order valence-corrected chi connectivity index (χ0v) is 14.9. The molecule has 0 unspecified atom stereocenters. The second kappa shape index (κ2) is 8.42. The fourth-order valence-corrected chi connectivity index (χ4v) is 2.89. The molecule has 0 bridgehead atoms. The van der Waals surface area contributed by atoms with E-state index in [1.807, 2.05) is 42.2 Å². The van der Waals surface area contributed by atoms with E-state index in [2.05, 4.69) is 15.4 Å². The number of hydrogen-bond donors (Lipinski definition) is 2. The molecule has 7 heteroatoms. The van der Waals surface area contributed by atoms with Crippen LogP contribution in [0.15, 0.2) is 36.8 Å². The average molecular weight is 353 g/mol. The third-order valence-electron chi connectivity index (χ3n) is 4.29. The summed E-state index contributed by atoms with van der Waals surface area (Å²) < 4.78 is 1.92. The van der Waals surface area contributed by atoms with Gasteiger partial charge in [0.2, 0.25) is 0 Å². The van der Waals surface area contributed by atoms with Crippen LogP contribution in [0.5, 0.6) is 0 Å². The first-order valence-electron chi connectivity index (χ1n) is 8.85. The number of fused-ring (bicyclic) bond motifs is 1. The van der Waals surface area contributed by atoms with Crippen LogP contribution < -0.4 is 5.32 Å². The fourth-order valence-electron chi connectivity index (χ4n) is 2.89. The van der Waals surface area contributed by atoms with E-state index in [0.717, 1.165) is 60.1 Å². The number of nitrogens with zero attached hydrogens (tertiary/aromatic N) is 4. The molecule has 0 aliphatic carbocycles. The summed E-state index contributed by atoms with van der Waals surface area (Å²) in [6, 6.07) is 6.00. The van der Waals surface area contributed by atoms with Crippen LogP contribution in [-0.4, -0.2) is 37.5 Å². The van der Waals surface area contributed by atoms with Gasteiger partial charge >= 0.3 is 6.09 Å². The molecule has 0 fully saturated rings. The highest BCUT2D eigenvalue weighted by atomic mass is 16.4. The molecule has 1 aromatic carbocycles. The summed E-state index contributed by atoms with van der Waals surface area (Å²) in [4.78, 5) is 19.6. The van der Waals surface area contributed by atoms with Crippen molar-refractivity contribution in [1.82, 2.24) is 25.1 Å². The summed E-state index contributed by atoms with van der Waals surface area (Å²) in [5.74, 6) is 0. The summed E-state index contributed by atoms with van der Waals surface area (Å²) >= 11 is 0. The fraction of sp³-hybridized carbons (Fsp3) is 0.368. The number of para-hydroxylation sites is 1. The minimum absolute atomic E-state index is 0.515. The summed E-state index contributed by atoms with van der Waals surface area (Å²) in [7, 11) is 0. The molecule has 2 aromatic heterocycles. The van der Waals surface area contributed by atoms with Crippen LogP contribution in [0.4, 0.5) is 4.79 Å². The Kier molecular flexibility index (Phi) is 5.78. The van der Waals surface area contributed by atoms with Crippen LogP contribution in [0.2, 0.25) is 0 Å². The number of aryl methyl sites for hydroxylation is 2. The van der Waals surface area contributed by atoms with Crippen molar-refractivity contribution in [2.24, 2.45) is 0 Å². The van der Waals surface area contributed by atoms with E-state index in [1.54, 1.807) is 6.20 Å². The van der Waals surface area contributed by atoms with Crippen LogP contribution in [0, 0.1) is 6.92 Å². The Morgan fingerprint density at radius 1 is 1.19 bits per heavy atom. The van der Waals surface area contributed by atoms with Gasteiger partial charge in [-0.25, -0.2) is 9.78 Å². The van der Waals surface area contributed by atoms with Crippen LogP contribution >= 0.6 is 0 Å². The maximum Gasteiger partial charge on any atom is 0.404 e. The van der Waals surface area contributed by atoms with Crippen LogP contribution in [0.1, 0.15) is 31.2 Å². The highest BCUT2D eigenvalue weighted by Crippen LogP contribution is 2.20. The molecule has 136 valence electrons. The Balaban J connectivity index is 1.52. The molecule has 0 saturated heterocycles. The van der Waals surface area contributed by atoms with Crippen molar-refractivity contribution in [1.29, 1.82) is 0 Å². The molecule has 2 N–H and O–H groups in total. The third kappa shape index (κ3) is 4.56. The van der Waals surface area contributed by atoms with Gasteiger partial charge in [0.05, 0.1) is 29.1 Å². The number of rotatable bonds is 8. The van der Waals surface area contributed by atoms with Gasteiger partial charge in [-0.1, -0.05) is 25.0 Å². The second-order valence-electron chi connectivity index (χ2n) is 6.34. The first kappa shape index (κ1) is 17.8. The Morgan fingerprint density at radius 3 is 2.88 bits per heavy atom. The summed E-state index contributed by atoms with van der Waals surface area (Å²) in [5, 5.41) is 15.3. The van der Waals surface area contributed by atoms with Crippen LogP contribution in [-0.2, 0) is 6.54 Å². The Hall–Kier alpha value is -2.96. The zero-order chi connectivity index (χ0) is 18.4. The Bertz CT molecular complexity index is 891. The van der Waals surface area contributed by atoms with E-state index < -0.39 is 6.09 Å². The van der Waals surface area contributed by atoms with Gasteiger partial charge in [-0.05, 0) is 31.4 Å². The first-order valence-corrected chi connectivity index (χ1v) is 8.85. The van der Waals surface area contributed by atoms with Crippen molar-refractivity contribution in [3.8, 4) is 11.3 Å². The number of carboxylic acid groups (broad SMARTS) is 1. The largest absolute Gasteiger partial charge is 0.465 e. The van der Waals surface area contributed by atoms with E-state index in [0.29, 0.717) is 6.54 Å². The number of nitrogens with one attached hydrogen (secondary N) is 1. The molecule has 2 heterocycles. The van der Waals surface area contributed by atoms with E-state index in [9.17, 15) is 4.79 Å². The minimum Gasteiger partial charge on any atom is -0.465 e. The lowest BCUT2D eigenvalue weighted by molar-refractivity contribution is 0.194. The molecule has 0 aliphatic heterocycles. The lowest BCUT2D eigenvalue weighted by atomic mass is 10.2. The van der Waals surface area contributed by atoms with Crippen molar-refractivity contribution >= 4 is 17.1 Å². The Morgan fingerprint density at radius 2 is 2.04 bits per heavy atom. The molecule has 3 rings (SSSR count). The number of carbonyl (C=O) groups is 1. The average Bonchev–Trinajstić information content (AvgIpc) is 3.09. The quantitative estimate of drug-likeness (QED) is 0.603. The maximum atomic E-state index is 10.3. The molecular formula is C19H23N5O2. The predicted octanol–water partition coefficient (Wildman–Crippen LogP) is 3.63. The van der Waals surface area contributed by atoms with Gasteiger partial charge in [-0.15, -0.1) is 0 Å². The minimum atomic E-state index is -0.957. The van der Waals surface area contributed by atoms with Crippen molar-refractivity contribution in [3.05, 3.63) is 42.4 Å². The SMILES string of the molecule is Cc1cccc2nc(-c3cnn(CCCCCCNC(=O)O)c3)cnc12. The van der Waals surface area contributed by atoms with Gasteiger partial charge in [0.25, 0.3) is 0 Å². The van der Waals surface area contributed by atoms with E-state index >= 15 is 0 Å². The van der Waals surface area contributed by atoms with E-state index in [-0.39, 0.29) is 0 Å². The lowest BCUT2D eigenvalue weighted by Crippen LogP contribution is -2.21. The number of hydrogen-bond acceptors (Lipinski definition) is 4. The molecule has 1 amide bonds. The standard InChI is InChI=1S/C19H23N5O2/c1-14-7-6-8-16-18(14)21-12-17(23-16)15-11-22-24(13-15)10-5-3-2-4-9-20-19(25)26/h6-8,11-13,20H,2-5,9-10H2,1H3,(H,25,26). The lowest BCUT2D eigenvalue weighted by Gasteiger charge is -2.03. The van der Waals surface area contributed by atoms with Crippen molar-refractivity contribution in [2.75, 3.05) is 6.54 Å². The van der Waals surface area contributed by atoms with Crippen LogP contribution in [0.3, 0.4) is 0 Å². The zero-order valence-electron chi connectivity index (χ0n) is 14.9. The highest BCUT2D eigenvalue weighted by molar-refractivity contribution is 5.79. The Labute approximate surface area is 152 Å². The van der Waals surface area contributed by atoms with Gasteiger partial charge in [-0.3, -0.25) is 9.67 Å². The molecule has 0 saturated carbocycles. The van der Waals surface area contributed by atoms with Crippen LogP contribution in [0.25, 0.3) is 22.3 Å². The van der Waals surface area contributed by atoms with Gasteiger partial charge < -0.3 is 10.4 Å². The van der Waals surface area contributed by atoms with Crippen molar-refractivity contribution in [3.63, 3.8) is 0 Å². The normalized spacial score (nSPS) is 11.0. The summed E-state index contributed by atoms with van der Waals surface area (Å²) in [5.41, 5.74) is 4.74. The van der Waals surface area contributed by atoms with E-state index in [1.165, 1.54) is 0 Å². The third-order valence-corrected chi connectivity index (χ3v) is 4.29. The van der Waals surface area contributed by atoms with Crippen molar-refractivity contribution < 1.29 is 9.90 Å². The monoisotopic (exact) mass is 353 g/mol. The smallest absolute Gasteiger partial charge is 0.404 e. The number of benzene rings is 1. The molecule has 7 nitrogen and oxygen atoms in total. The first-order chi connectivity index (χ1) is 12.6. The molecule has 26 heavy (non-hydrogen) atoms. The predicted molar refractivity (Wildman–Crippen MR) is 100.0 cm³/mol. The molecular weight excluding hydrogens is 330 g/mol. The van der Waals surface area contributed by atoms with Gasteiger partial charge in [0, 0.05) is 24.8 Å². The molecule has 0 radical (unpaired) electrons. The molecule has 0 atom stereocenters. The van der Waals surface area contributed by atoms with Crippen molar-refractivity contribution in [2.45, 2.75) is 39.2 Å². The number of amides is 1. The molecule has 3 aromatic rings. The van der Waals surface area contributed by atoms with Gasteiger partial charge in [-0.2, -0.15) is 5.10 Å². The van der Waals surface area contributed by atoms with E-state index in [4.69, 9.17) is 10.1 Å². The summed E-state index contributed by atoms with van der Waals surface area (Å²) in [6.45, 7) is 3.39. The van der Waals surface area contributed by atoms with Gasteiger partial charge in [0.1, 0.15) is 0 Å². The summed E-state index contributed by atoms with van der Waals surface area (Å²) in [6.07, 6.45) is 8.59. The van der Waals surface area contributed by atoms with Gasteiger partial charge in [0.15, 0.2) is 0 Å². The maximum absolute atomic E-state index is 10.3. The second-order valence-corrected chi connectivity index (χ2v) is 6.34. The number of aromatic nitrogens is 4. The molecule has 0 spiro atoms. The topological polar surface area (TPSA) is 92.9 Å².